The van der Waals surface area contributed by atoms with Crippen LogP contribution < -0.4 is 10.2 Å². The van der Waals surface area contributed by atoms with Crippen LogP contribution in [0, 0.1) is 10.1 Å². The monoisotopic (exact) mass is 289 g/mol. The molecule has 7 nitrogen and oxygen atoms in total. The maximum atomic E-state index is 10.6. The highest BCUT2D eigenvalue weighted by Gasteiger charge is 2.24. The summed E-state index contributed by atoms with van der Waals surface area (Å²) in [7, 11) is 0. The van der Waals surface area contributed by atoms with Gasteiger partial charge in [-0.25, -0.2) is 0 Å². The topological polar surface area (TPSA) is 98.9 Å². The molecule has 0 amide bonds. The van der Waals surface area contributed by atoms with E-state index in [4.69, 9.17) is 0 Å². The Morgan fingerprint density at radius 3 is 2.84 bits per heavy atom. The van der Waals surface area contributed by atoms with Crippen LogP contribution in [-0.4, -0.2) is 47.4 Å². The molecular weight excluding hydrogens is 274 g/mol. The van der Waals surface area contributed by atoms with Crippen molar-refractivity contribution in [3.8, 4) is 5.75 Å². The number of halogens is 1. The van der Waals surface area contributed by atoms with Crippen LogP contribution in [0.25, 0.3) is 0 Å². The van der Waals surface area contributed by atoms with Gasteiger partial charge in [0.1, 0.15) is 5.75 Å². The lowest BCUT2D eigenvalue weighted by atomic mass is 10.1. The highest BCUT2D eigenvalue weighted by atomic mass is 35.5. The van der Waals surface area contributed by atoms with Crippen LogP contribution in [0.2, 0.25) is 0 Å². The number of hydrogen-bond donors (Lipinski definition) is 3. The Bertz CT molecular complexity index is 458. The SMILES string of the molecule is Cl.O=[N+]([O-])c1ccc(N2CCNC[C@@H]2CO)c(O)c1. The molecule has 1 heterocycles. The van der Waals surface area contributed by atoms with E-state index < -0.39 is 4.92 Å². The summed E-state index contributed by atoms with van der Waals surface area (Å²) in [5.41, 5.74) is 0.369. The molecule has 106 valence electrons. The number of benzene rings is 1. The minimum Gasteiger partial charge on any atom is -0.506 e. The Morgan fingerprint density at radius 2 is 2.26 bits per heavy atom. The lowest BCUT2D eigenvalue weighted by Crippen LogP contribution is -2.53. The van der Waals surface area contributed by atoms with Gasteiger partial charge in [0.2, 0.25) is 0 Å². The Hall–Kier alpha value is -1.57. The van der Waals surface area contributed by atoms with Gasteiger partial charge < -0.3 is 20.4 Å². The number of aliphatic hydroxyl groups excluding tert-OH is 1. The van der Waals surface area contributed by atoms with E-state index in [1.165, 1.54) is 12.1 Å². The number of non-ortho nitro benzene ring substituents is 1. The number of hydrogen-bond acceptors (Lipinski definition) is 6. The Kier molecular flexibility index (Phi) is 5.34. The van der Waals surface area contributed by atoms with Crippen molar-refractivity contribution in [1.29, 1.82) is 0 Å². The van der Waals surface area contributed by atoms with Crippen LogP contribution in [-0.2, 0) is 0 Å². The first-order valence-corrected chi connectivity index (χ1v) is 5.69. The predicted octanol–water partition coefficient (Wildman–Crippen LogP) is 0.493. The average Bonchev–Trinajstić information content (AvgIpc) is 2.38. The first-order valence-electron chi connectivity index (χ1n) is 5.69. The molecule has 1 aromatic carbocycles. The molecule has 0 aliphatic carbocycles. The number of aliphatic hydroxyl groups is 1. The van der Waals surface area contributed by atoms with Gasteiger partial charge in [-0.15, -0.1) is 12.4 Å². The van der Waals surface area contributed by atoms with Gasteiger partial charge in [-0.3, -0.25) is 10.1 Å². The molecule has 0 aromatic heterocycles. The summed E-state index contributed by atoms with van der Waals surface area (Å²) in [6.07, 6.45) is 0. The Balaban J connectivity index is 0.00000180. The van der Waals surface area contributed by atoms with Crippen molar-refractivity contribution in [2.24, 2.45) is 0 Å². The molecule has 1 aliphatic heterocycles. The largest absolute Gasteiger partial charge is 0.506 e. The lowest BCUT2D eigenvalue weighted by Gasteiger charge is -2.37. The number of nitro groups is 1. The number of nitrogens with zero attached hydrogens (tertiary/aromatic N) is 2. The van der Waals surface area contributed by atoms with E-state index in [1.807, 2.05) is 4.90 Å². The van der Waals surface area contributed by atoms with Gasteiger partial charge in [0.15, 0.2) is 0 Å². The number of aromatic hydroxyl groups is 1. The van der Waals surface area contributed by atoms with Crippen LogP contribution in [0.15, 0.2) is 18.2 Å². The molecule has 0 radical (unpaired) electrons. The number of piperazine rings is 1. The summed E-state index contributed by atoms with van der Waals surface area (Å²) in [5.74, 6) is -0.135. The van der Waals surface area contributed by atoms with Crippen LogP contribution in [0.5, 0.6) is 5.75 Å². The number of nitrogens with one attached hydrogen (secondary N) is 1. The molecule has 3 N–H and O–H groups in total. The summed E-state index contributed by atoms with van der Waals surface area (Å²) in [4.78, 5) is 11.9. The molecule has 0 saturated carbocycles. The van der Waals surface area contributed by atoms with E-state index in [0.29, 0.717) is 18.8 Å². The molecule has 1 saturated heterocycles. The summed E-state index contributed by atoms with van der Waals surface area (Å²) < 4.78 is 0. The minimum atomic E-state index is -0.551. The lowest BCUT2D eigenvalue weighted by molar-refractivity contribution is -0.384. The van der Waals surface area contributed by atoms with Gasteiger partial charge in [0, 0.05) is 25.7 Å². The minimum absolute atomic E-state index is 0. The number of anilines is 1. The second kappa shape index (κ2) is 6.55. The molecule has 0 bridgehead atoms. The van der Waals surface area contributed by atoms with Crippen LogP contribution >= 0.6 is 12.4 Å². The fourth-order valence-corrected chi connectivity index (χ4v) is 2.11. The van der Waals surface area contributed by atoms with Gasteiger partial charge in [-0.2, -0.15) is 0 Å². The van der Waals surface area contributed by atoms with E-state index >= 15 is 0 Å². The zero-order valence-electron chi connectivity index (χ0n) is 10.2. The first kappa shape index (κ1) is 15.5. The molecule has 1 aromatic rings. The quantitative estimate of drug-likeness (QED) is 0.553. The third-order valence-electron chi connectivity index (χ3n) is 3.04. The summed E-state index contributed by atoms with van der Waals surface area (Å²) in [6, 6.07) is 3.87. The molecule has 1 fully saturated rings. The Morgan fingerprint density at radius 1 is 1.53 bits per heavy atom. The van der Waals surface area contributed by atoms with Gasteiger partial charge in [-0.05, 0) is 6.07 Å². The van der Waals surface area contributed by atoms with Crippen molar-refractivity contribution < 1.29 is 15.1 Å². The van der Waals surface area contributed by atoms with E-state index in [9.17, 15) is 20.3 Å². The van der Waals surface area contributed by atoms with Gasteiger partial charge in [0.05, 0.1) is 29.3 Å². The molecule has 0 unspecified atom stereocenters. The zero-order valence-corrected chi connectivity index (χ0v) is 11.0. The molecule has 0 spiro atoms. The highest BCUT2D eigenvalue weighted by molar-refractivity contribution is 5.85. The van der Waals surface area contributed by atoms with E-state index in [2.05, 4.69) is 5.32 Å². The molecule has 8 heteroatoms. The molecule has 1 aliphatic rings. The number of rotatable bonds is 3. The third-order valence-corrected chi connectivity index (χ3v) is 3.04. The predicted molar refractivity (Wildman–Crippen MR) is 73.1 cm³/mol. The highest BCUT2D eigenvalue weighted by Crippen LogP contribution is 2.32. The van der Waals surface area contributed by atoms with Crippen molar-refractivity contribution in [3.05, 3.63) is 28.3 Å². The van der Waals surface area contributed by atoms with E-state index in [-0.39, 0.29) is 36.5 Å². The van der Waals surface area contributed by atoms with Crippen molar-refractivity contribution in [1.82, 2.24) is 5.32 Å². The number of phenolic OH excluding ortho intramolecular Hbond substituents is 1. The number of phenols is 1. The van der Waals surface area contributed by atoms with Gasteiger partial charge >= 0.3 is 0 Å². The van der Waals surface area contributed by atoms with Gasteiger partial charge in [-0.1, -0.05) is 0 Å². The molecule has 1 atom stereocenters. The normalized spacial score (nSPS) is 18.8. The standard InChI is InChI=1S/C11H15N3O4.ClH/c15-7-9-6-12-3-4-13(9)10-2-1-8(14(17)18)5-11(10)16;/h1-2,5,9,12,15-16H,3-4,6-7H2;1H/t9-;/m1./s1. The van der Waals surface area contributed by atoms with Crippen LogP contribution in [0.4, 0.5) is 11.4 Å². The molecule has 19 heavy (non-hydrogen) atoms. The van der Waals surface area contributed by atoms with Crippen molar-refractivity contribution >= 4 is 23.8 Å². The third kappa shape index (κ3) is 3.25. The summed E-state index contributed by atoms with van der Waals surface area (Å²) in [5, 5.41) is 32.9. The van der Waals surface area contributed by atoms with Crippen LogP contribution in [0.3, 0.4) is 0 Å². The fraction of sp³-hybridized carbons (Fsp3) is 0.455. The van der Waals surface area contributed by atoms with E-state index in [1.54, 1.807) is 0 Å². The van der Waals surface area contributed by atoms with Crippen molar-refractivity contribution in [3.63, 3.8) is 0 Å². The number of nitro benzene ring substituents is 1. The fourth-order valence-electron chi connectivity index (χ4n) is 2.11. The van der Waals surface area contributed by atoms with Gasteiger partial charge in [0.25, 0.3) is 5.69 Å². The first-order chi connectivity index (χ1) is 8.63. The molecular formula is C11H16ClN3O4. The molecule has 2 rings (SSSR count). The van der Waals surface area contributed by atoms with E-state index in [0.717, 1.165) is 12.6 Å². The second-order valence-corrected chi connectivity index (χ2v) is 4.16. The Labute approximate surface area is 116 Å². The zero-order chi connectivity index (χ0) is 13.1. The van der Waals surface area contributed by atoms with Crippen LogP contribution in [0.1, 0.15) is 0 Å². The maximum Gasteiger partial charge on any atom is 0.273 e. The maximum absolute atomic E-state index is 10.6. The van der Waals surface area contributed by atoms with Crippen molar-refractivity contribution in [2.45, 2.75) is 6.04 Å². The second-order valence-electron chi connectivity index (χ2n) is 4.16. The average molecular weight is 290 g/mol. The summed E-state index contributed by atoms with van der Waals surface area (Å²) in [6.45, 7) is 1.96. The van der Waals surface area contributed by atoms with Crippen molar-refractivity contribution in [2.75, 3.05) is 31.1 Å². The smallest absolute Gasteiger partial charge is 0.273 e. The summed E-state index contributed by atoms with van der Waals surface area (Å²) >= 11 is 0.